The lowest BCUT2D eigenvalue weighted by molar-refractivity contribution is 0.0775. The summed E-state index contributed by atoms with van der Waals surface area (Å²) in [5.74, 6) is 1.78. The van der Waals surface area contributed by atoms with E-state index in [9.17, 15) is 4.79 Å². The molecule has 2 aromatic heterocycles. The number of rotatable bonds is 7. The molecule has 0 atom stereocenters. The fourth-order valence-corrected chi connectivity index (χ4v) is 3.47. The van der Waals surface area contributed by atoms with Gasteiger partial charge in [0.15, 0.2) is 17.2 Å². The molecule has 4 aromatic rings. The number of para-hydroxylation sites is 1. The number of ether oxygens (including phenoxy) is 2. The second-order valence-electron chi connectivity index (χ2n) is 7.36. The van der Waals surface area contributed by atoms with Crippen molar-refractivity contribution in [3.8, 4) is 28.3 Å². The largest absolute Gasteiger partial charge is 0.493 e. The number of methoxy groups -OCH3 is 2. The molecule has 164 valence electrons. The topological polar surface area (TPSA) is 74.4 Å². The Morgan fingerprint density at radius 1 is 1.06 bits per heavy atom. The van der Waals surface area contributed by atoms with Crippen LogP contribution < -0.4 is 9.47 Å². The first-order valence-electron chi connectivity index (χ1n) is 10.1. The molecule has 32 heavy (non-hydrogen) atoms. The smallest absolute Gasteiger partial charge is 0.275 e. The molecule has 0 aliphatic heterocycles. The number of carbonyl (C=O) groups is 1. The first-order chi connectivity index (χ1) is 15.5. The molecule has 0 radical (unpaired) electrons. The summed E-state index contributed by atoms with van der Waals surface area (Å²) in [6.45, 7) is 0.367. The van der Waals surface area contributed by atoms with E-state index >= 15 is 0 Å². The van der Waals surface area contributed by atoms with E-state index in [1.165, 1.54) is 0 Å². The molecule has 2 aromatic carbocycles. The van der Waals surface area contributed by atoms with Gasteiger partial charge < -0.3 is 18.9 Å². The Kier molecular flexibility index (Phi) is 5.93. The highest BCUT2D eigenvalue weighted by Gasteiger charge is 2.23. The van der Waals surface area contributed by atoms with Crippen molar-refractivity contribution in [2.75, 3.05) is 21.3 Å². The molecular formula is C24H25N5O3. The maximum Gasteiger partial charge on any atom is 0.275 e. The Morgan fingerprint density at radius 3 is 2.47 bits per heavy atom. The van der Waals surface area contributed by atoms with Gasteiger partial charge in [-0.1, -0.05) is 24.3 Å². The number of nitrogens with zero attached hydrogens (tertiary/aromatic N) is 5. The predicted molar refractivity (Wildman–Crippen MR) is 121 cm³/mol. The molecule has 8 nitrogen and oxygen atoms in total. The Hall–Kier alpha value is -4.07. The number of imidazole rings is 1. The van der Waals surface area contributed by atoms with E-state index in [-0.39, 0.29) is 5.91 Å². The van der Waals surface area contributed by atoms with Crippen LogP contribution in [0.15, 0.2) is 67.1 Å². The molecule has 0 bridgehead atoms. The summed E-state index contributed by atoms with van der Waals surface area (Å²) in [7, 11) is 6.82. The highest BCUT2D eigenvalue weighted by atomic mass is 16.5. The van der Waals surface area contributed by atoms with E-state index in [1.54, 1.807) is 37.0 Å². The van der Waals surface area contributed by atoms with Gasteiger partial charge in [-0.25, -0.2) is 9.67 Å². The zero-order valence-corrected chi connectivity index (χ0v) is 18.5. The van der Waals surface area contributed by atoms with Gasteiger partial charge in [0, 0.05) is 38.2 Å². The molecule has 0 saturated carbocycles. The van der Waals surface area contributed by atoms with Gasteiger partial charge in [-0.2, -0.15) is 5.10 Å². The van der Waals surface area contributed by atoms with E-state index in [0.29, 0.717) is 29.3 Å². The van der Waals surface area contributed by atoms with Gasteiger partial charge in [-0.05, 0) is 29.8 Å². The molecule has 0 unspecified atom stereocenters. The molecule has 2 heterocycles. The average Bonchev–Trinajstić information content (AvgIpc) is 3.45. The van der Waals surface area contributed by atoms with E-state index < -0.39 is 0 Å². The molecule has 4 rings (SSSR count). The molecular weight excluding hydrogens is 406 g/mol. The molecule has 0 fully saturated rings. The Balaban J connectivity index is 1.77. The van der Waals surface area contributed by atoms with Crippen molar-refractivity contribution in [1.82, 2.24) is 24.2 Å². The lowest BCUT2D eigenvalue weighted by atomic mass is 10.0. The van der Waals surface area contributed by atoms with Crippen molar-refractivity contribution >= 4 is 5.91 Å². The minimum atomic E-state index is -0.201. The highest BCUT2D eigenvalue weighted by molar-refractivity contribution is 5.99. The fraction of sp³-hybridized carbons (Fsp3) is 0.208. The van der Waals surface area contributed by atoms with E-state index in [4.69, 9.17) is 9.47 Å². The van der Waals surface area contributed by atoms with Crippen molar-refractivity contribution in [2.45, 2.75) is 6.54 Å². The van der Waals surface area contributed by atoms with Crippen molar-refractivity contribution in [2.24, 2.45) is 7.05 Å². The first kappa shape index (κ1) is 21.2. The molecule has 0 aliphatic carbocycles. The van der Waals surface area contributed by atoms with Gasteiger partial charge in [0.1, 0.15) is 5.82 Å². The zero-order valence-electron chi connectivity index (χ0n) is 18.5. The van der Waals surface area contributed by atoms with Crippen molar-refractivity contribution in [3.05, 3.63) is 78.6 Å². The molecule has 0 saturated heterocycles. The Bertz CT molecular complexity index is 1230. The molecule has 0 spiro atoms. The number of aromatic nitrogens is 4. The van der Waals surface area contributed by atoms with E-state index in [2.05, 4.69) is 10.1 Å². The van der Waals surface area contributed by atoms with Crippen LogP contribution in [0.1, 0.15) is 16.3 Å². The van der Waals surface area contributed by atoms with Gasteiger partial charge in [-0.15, -0.1) is 0 Å². The summed E-state index contributed by atoms with van der Waals surface area (Å²) in [5, 5.41) is 4.65. The minimum absolute atomic E-state index is 0.201. The maximum atomic E-state index is 13.5. The summed E-state index contributed by atoms with van der Waals surface area (Å²) in [4.78, 5) is 19.4. The summed E-state index contributed by atoms with van der Waals surface area (Å²) >= 11 is 0. The fourth-order valence-electron chi connectivity index (χ4n) is 3.47. The summed E-state index contributed by atoms with van der Waals surface area (Å²) in [5.41, 5.74) is 2.71. The Labute approximate surface area is 186 Å². The van der Waals surface area contributed by atoms with Gasteiger partial charge >= 0.3 is 0 Å². The lowest BCUT2D eigenvalue weighted by Gasteiger charge is -2.16. The van der Waals surface area contributed by atoms with Crippen LogP contribution in [0.3, 0.4) is 0 Å². The molecule has 8 heteroatoms. The summed E-state index contributed by atoms with van der Waals surface area (Å²) in [6.07, 6.45) is 5.43. The lowest BCUT2D eigenvalue weighted by Crippen LogP contribution is -2.28. The third kappa shape index (κ3) is 4.07. The van der Waals surface area contributed by atoms with Gasteiger partial charge in [-0.3, -0.25) is 4.79 Å². The van der Waals surface area contributed by atoms with Crippen LogP contribution in [0.25, 0.3) is 16.8 Å². The summed E-state index contributed by atoms with van der Waals surface area (Å²) in [6, 6.07) is 15.2. The SMILES string of the molecule is COc1ccc(-c2cn(-c3ccccc3)nc2C(=O)N(C)Cc2nccn2C)cc1OC. The van der Waals surface area contributed by atoms with Crippen LogP contribution >= 0.6 is 0 Å². The number of amides is 1. The number of hydrogen-bond donors (Lipinski definition) is 0. The molecule has 1 amide bonds. The second kappa shape index (κ2) is 8.97. The van der Waals surface area contributed by atoms with Crippen LogP contribution in [0.5, 0.6) is 11.5 Å². The van der Waals surface area contributed by atoms with Gasteiger partial charge in [0.05, 0.1) is 26.5 Å². The third-order valence-corrected chi connectivity index (χ3v) is 5.28. The number of benzene rings is 2. The van der Waals surface area contributed by atoms with Crippen molar-refractivity contribution in [3.63, 3.8) is 0 Å². The minimum Gasteiger partial charge on any atom is -0.493 e. The third-order valence-electron chi connectivity index (χ3n) is 5.28. The maximum absolute atomic E-state index is 13.5. The molecule has 0 aliphatic rings. The standard InChI is InChI=1S/C24H25N5O3/c1-27-13-12-25-22(27)16-28(2)24(30)23-19(15-29(26-23)18-8-6-5-7-9-18)17-10-11-20(31-3)21(14-17)32-4/h5-15H,16H2,1-4H3. The van der Waals surface area contributed by atoms with Crippen LogP contribution in [0.4, 0.5) is 0 Å². The van der Waals surface area contributed by atoms with Crippen LogP contribution in [0, 0.1) is 0 Å². The van der Waals surface area contributed by atoms with Crippen LogP contribution in [-0.2, 0) is 13.6 Å². The average molecular weight is 431 g/mol. The van der Waals surface area contributed by atoms with Crippen molar-refractivity contribution < 1.29 is 14.3 Å². The zero-order chi connectivity index (χ0) is 22.7. The van der Waals surface area contributed by atoms with Crippen LogP contribution in [0.2, 0.25) is 0 Å². The highest BCUT2D eigenvalue weighted by Crippen LogP contribution is 2.34. The number of aryl methyl sites for hydroxylation is 1. The normalized spacial score (nSPS) is 10.8. The van der Waals surface area contributed by atoms with Crippen LogP contribution in [-0.4, -0.2) is 51.4 Å². The quantitative estimate of drug-likeness (QED) is 0.447. The molecule has 0 N–H and O–H groups in total. The first-order valence-corrected chi connectivity index (χ1v) is 10.1. The predicted octanol–water partition coefficient (Wildman–Crippen LogP) is 3.56. The van der Waals surface area contributed by atoms with E-state index in [1.807, 2.05) is 72.5 Å². The van der Waals surface area contributed by atoms with Gasteiger partial charge in [0.2, 0.25) is 0 Å². The summed E-state index contributed by atoms with van der Waals surface area (Å²) < 4.78 is 14.4. The second-order valence-corrected chi connectivity index (χ2v) is 7.36. The number of hydrogen-bond acceptors (Lipinski definition) is 5. The van der Waals surface area contributed by atoms with Crippen molar-refractivity contribution in [1.29, 1.82) is 0 Å². The monoisotopic (exact) mass is 431 g/mol. The van der Waals surface area contributed by atoms with Gasteiger partial charge in [0.25, 0.3) is 5.91 Å². The number of carbonyl (C=O) groups excluding carboxylic acids is 1. The van der Waals surface area contributed by atoms with E-state index in [0.717, 1.165) is 17.1 Å². The Morgan fingerprint density at radius 2 is 1.81 bits per heavy atom.